The number of amides is 1. The molecule has 0 saturated carbocycles. The van der Waals surface area contributed by atoms with Crippen molar-refractivity contribution in [3.05, 3.63) is 71.3 Å². The van der Waals surface area contributed by atoms with Crippen LogP contribution in [0.15, 0.2) is 54.6 Å². The maximum Gasteiger partial charge on any atom is 0.326 e. The molecule has 1 aliphatic rings. The molecule has 2 aromatic rings. The first-order valence-corrected chi connectivity index (χ1v) is 16.5. The predicted octanol–water partition coefficient (Wildman–Crippen LogP) is 1.15. The molecule has 5 N–H and O–H groups in total. The number of nitrogens with zero attached hydrogens (tertiary/aromatic N) is 4. The molecule has 268 valence electrons. The number of carboxylic acids is 4. The highest BCUT2D eigenvalue weighted by atomic mass is 16.4. The predicted molar refractivity (Wildman–Crippen MR) is 182 cm³/mol. The Labute approximate surface area is 286 Å². The summed E-state index contributed by atoms with van der Waals surface area (Å²) in [5.41, 5.74) is 1.82. The quantitative estimate of drug-likeness (QED) is 0.180. The van der Waals surface area contributed by atoms with Gasteiger partial charge in [-0.3, -0.25) is 33.9 Å². The molecule has 0 bridgehead atoms. The van der Waals surface area contributed by atoms with Crippen LogP contribution < -0.4 is 5.32 Å². The van der Waals surface area contributed by atoms with Gasteiger partial charge in [-0.2, -0.15) is 0 Å². The number of benzene rings is 2. The van der Waals surface area contributed by atoms with E-state index in [1.807, 2.05) is 11.0 Å². The van der Waals surface area contributed by atoms with E-state index in [0.717, 1.165) is 17.7 Å². The first-order chi connectivity index (χ1) is 23.3. The van der Waals surface area contributed by atoms with Gasteiger partial charge in [0, 0.05) is 70.4 Å². The van der Waals surface area contributed by atoms with Crippen LogP contribution in [-0.4, -0.2) is 154 Å². The van der Waals surface area contributed by atoms with Crippen LogP contribution >= 0.6 is 0 Å². The molecule has 0 aromatic heterocycles. The standard InChI is InChI=1S/C35H49N5O9/c1-25(2)20-37-12-13-38(22-31(41)42)14-15-39(23-32(43)44)21-29(40(17-16-37)24-33(45)46)18-27-8-10-28(11-9-27)34(47)36-30(35(48)49)19-26-6-4-3-5-7-26/h3-11,25,29-30H,12-24H2,1-2H3,(H,36,47)(H,41,42)(H,43,44)(H,45,46)(H,48,49)/t29?,30-/m0/s1. The van der Waals surface area contributed by atoms with E-state index < -0.39 is 41.9 Å². The Morgan fingerprint density at radius 1 is 0.694 bits per heavy atom. The van der Waals surface area contributed by atoms with Gasteiger partial charge < -0.3 is 30.6 Å². The summed E-state index contributed by atoms with van der Waals surface area (Å²) in [6.07, 6.45) is 0.469. The van der Waals surface area contributed by atoms with Crippen molar-refractivity contribution in [3.8, 4) is 0 Å². The van der Waals surface area contributed by atoms with E-state index in [1.165, 1.54) is 0 Å². The summed E-state index contributed by atoms with van der Waals surface area (Å²) in [4.78, 5) is 68.0. The first-order valence-electron chi connectivity index (χ1n) is 16.5. The molecule has 14 nitrogen and oxygen atoms in total. The number of carbonyl (C=O) groups is 5. The molecule has 2 aromatic carbocycles. The Bertz CT molecular complexity index is 1390. The van der Waals surface area contributed by atoms with Gasteiger partial charge in [-0.15, -0.1) is 0 Å². The topological polar surface area (TPSA) is 191 Å². The van der Waals surface area contributed by atoms with Crippen LogP contribution in [0.5, 0.6) is 0 Å². The number of carboxylic acid groups (broad SMARTS) is 4. The van der Waals surface area contributed by atoms with Crippen LogP contribution in [0, 0.1) is 5.92 Å². The molecule has 1 fully saturated rings. The third kappa shape index (κ3) is 14.3. The van der Waals surface area contributed by atoms with Crippen molar-refractivity contribution in [1.82, 2.24) is 24.9 Å². The summed E-state index contributed by atoms with van der Waals surface area (Å²) in [5, 5.41) is 41.4. The Balaban J connectivity index is 1.85. The summed E-state index contributed by atoms with van der Waals surface area (Å²) >= 11 is 0. The van der Waals surface area contributed by atoms with Crippen molar-refractivity contribution in [2.24, 2.45) is 5.92 Å². The maximum atomic E-state index is 13.0. The highest BCUT2D eigenvalue weighted by Gasteiger charge is 2.28. The van der Waals surface area contributed by atoms with Gasteiger partial charge in [0.05, 0.1) is 19.6 Å². The Morgan fingerprint density at radius 2 is 1.24 bits per heavy atom. The van der Waals surface area contributed by atoms with E-state index in [-0.39, 0.29) is 44.7 Å². The zero-order chi connectivity index (χ0) is 35.9. The minimum atomic E-state index is -1.15. The zero-order valence-corrected chi connectivity index (χ0v) is 28.2. The van der Waals surface area contributed by atoms with E-state index in [4.69, 9.17) is 0 Å². The molecule has 0 radical (unpaired) electrons. The SMILES string of the molecule is CC(C)CN1CCN(CC(=O)O)CCN(CC(=O)O)CC(Cc2ccc(C(=O)N[C@@H](Cc3ccccc3)C(=O)O)cc2)N(CC(=O)O)CC1. The molecule has 1 aliphatic heterocycles. The van der Waals surface area contributed by atoms with Crippen molar-refractivity contribution >= 4 is 29.8 Å². The van der Waals surface area contributed by atoms with Crippen LogP contribution in [-0.2, 0) is 32.0 Å². The Morgan fingerprint density at radius 3 is 1.82 bits per heavy atom. The lowest BCUT2D eigenvalue weighted by Gasteiger charge is -2.38. The third-order valence-electron chi connectivity index (χ3n) is 8.41. The normalized spacial score (nSPS) is 18.2. The number of carbonyl (C=O) groups excluding carboxylic acids is 1. The minimum Gasteiger partial charge on any atom is -0.480 e. The van der Waals surface area contributed by atoms with E-state index in [1.54, 1.807) is 58.3 Å². The van der Waals surface area contributed by atoms with Gasteiger partial charge in [-0.1, -0.05) is 56.3 Å². The van der Waals surface area contributed by atoms with Crippen molar-refractivity contribution in [3.63, 3.8) is 0 Å². The van der Waals surface area contributed by atoms with Gasteiger partial charge in [0.2, 0.25) is 0 Å². The lowest BCUT2D eigenvalue weighted by molar-refractivity contribution is -0.141. The largest absolute Gasteiger partial charge is 0.480 e. The van der Waals surface area contributed by atoms with E-state index in [0.29, 0.717) is 45.1 Å². The summed E-state index contributed by atoms with van der Waals surface area (Å²) in [5.74, 6) is -4.40. The van der Waals surface area contributed by atoms with Crippen molar-refractivity contribution in [2.75, 3.05) is 72.0 Å². The smallest absolute Gasteiger partial charge is 0.326 e. The molecule has 0 aliphatic carbocycles. The maximum absolute atomic E-state index is 13.0. The zero-order valence-electron chi connectivity index (χ0n) is 28.2. The fourth-order valence-corrected chi connectivity index (χ4v) is 6.06. The van der Waals surface area contributed by atoms with Crippen LogP contribution in [0.3, 0.4) is 0 Å². The van der Waals surface area contributed by atoms with Crippen LogP contribution in [0.25, 0.3) is 0 Å². The molecule has 1 amide bonds. The Kier molecular flexibility index (Phi) is 15.6. The minimum absolute atomic E-state index is 0.122. The molecular weight excluding hydrogens is 634 g/mol. The molecule has 2 atom stereocenters. The molecule has 1 heterocycles. The van der Waals surface area contributed by atoms with Crippen molar-refractivity contribution in [1.29, 1.82) is 0 Å². The average Bonchev–Trinajstić information content (AvgIpc) is 3.02. The van der Waals surface area contributed by atoms with Gasteiger partial charge in [0.15, 0.2) is 0 Å². The highest BCUT2D eigenvalue weighted by Crippen LogP contribution is 2.15. The molecule has 1 unspecified atom stereocenters. The van der Waals surface area contributed by atoms with Crippen LogP contribution in [0.2, 0.25) is 0 Å². The fourth-order valence-electron chi connectivity index (χ4n) is 6.06. The molecule has 49 heavy (non-hydrogen) atoms. The first kappa shape index (κ1) is 39.1. The number of hydrogen-bond acceptors (Lipinski definition) is 9. The van der Waals surface area contributed by atoms with Crippen LogP contribution in [0.4, 0.5) is 0 Å². The highest BCUT2D eigenvalue weighted by molar-refractivity contribution is 5.96. The average molecular weight is 684 g/mol. The van der Waals surface area contributed by atoms with Gasteiger partial charge in [-0.25, -0.2) is 4.79 Å². The Hall–Kier alpha value is -4.37. The lowest BCUT2D eigenvalue weighted by atomic mass is 10.0. The summed E-state index contributed by atoms with van der Waals surface area (Å²) in [7, 11) is 0. The molecule has 1 saturated heterocycles. The van der Waals surface area contributed by atoms with Gasteiger partial charge in [0.1, 0.15) is 6.04 Å². The van der Waals surface area contributed by atoms with Gasteiger partial charge in [0.25, 0.3) is 5.91 Å². The summed E-state index contributed by atoms with van der Waals surface area (Å²) < 4.78 is 0. The third-order valence-corrected chi connectivity index (χ3v) is 8.41. The van der Waals surface area contributed by atoms with Crippen molar-refractivity contribution < 1.29 is 44.4 Å². The summed E-state index contributed by atoms with van der Waals surface area (Å²) in [6.45, 7) is 6.97. The summed E-state index contributed by atoms with van der Waals surface area (Å²) in [6, 6.07) is 14.1. The monoisotopic (exact) mass is 683 g/mol. The van der Waals surface area contributed by atoms with E-state index >= 15 is 0 Å². The van der Waals surface area contributed by atoms with Gasteiger partial charge in [-0.05, 0) is 35.6 Å². The second-order valence-electron chi connectivity index (χ2n) is 13.0. The molecule has 0 spiro atoms. The molecule has 3 rings (SSSR count). The molecule has 14 heteroatoms. The van der Waals surface area contributed by atoms with Gasteiger partial charge >= 0.3 is 23.9 Å². The number of nitrogens with one attached hydrogen (secondary N) is 1. The second-order valence-corrected chi connectivity index (χ2v) is 13.0. The van der Waals surface area contributed by atoms with Crippen LogP contribution in [0.1, 0.15) is 35.3 Å². The number of hydrogen-bond donors (Lipinski definition) is 5. The van der Waals surface area contributed by atoms with E-state index in [2.05, 4.69) is 24.1 Å². The van der Waals surface area contributed by atoms with E-state index in [9.17, 15) is 44.4 Å². The van der Waals surface area contributed by atoms with Crippen molar-refractivity contribution in [2.45, 2.75) is 38.8 Å². The fraction of sp³-hybridized carbons (Fsp3) is 0.514. The second kappa shape index (κ2) is 19.6. The number of rotatable bonds is 15. The molecular formula is C35H49N5O9. The lowest BCUT2D eigenvalue weighted by Crippen LogP contribution is -2.53. The number of aliphatic carboxylic acids is 4.